The third-order valence-corrected chi connectivity index (χ3v) is 6.23. The van der Waals surface area contributed by atoms with Crippen LogP contribution in [0.25, 0.3) is 22.2 Å². The molecule has 3 aromatic rings. The van der Waals surface area contributed by atoms with Crippen molar-refractivity contribution in [2.75, 3.05) is 10.5 Å². The molecule has 0 aliphatic rings. The Balaban J connectivity index is 2.11. The Bertz CT molecular complexity index is 1100. The average Bonchev–Trinajstić information content (AvgIpc) is 3.00. The Hall–Kier alpha value is -2.29. The monoisotopic (exact) mass is 433 g/mol. The maximum Gasteiger partial charge on any atom is 0.283 e. The molecule has 1 N–H and O–H groups in total. The minimum Gasteiger partial charge on any atom is -0.340 e. The highest BCUT2D eigenvalue weighted by Gasteiger charge is 2.26. The van der Waals surface area contributed by atoms with Gasteiger partial charge in [0.1, 0.15) is 17.1 Å². The minimum atomic E-state index is -3.04. The average molecular weight is 433 g/mol. The number of rotatable bonds is 7. The van der Waals surface area contributed by atoms with E-state index in [9.17, 15) is 18.3 Å². The van der Waals surface area contributed by atoms with Crippen LogP contribution < -0.4 is 4.72 Å². The summed E-state index contributed by atoms with van der Waals surface area (Å²) in [6, 6.07) is 13.9. The van der Waals surface area contributed by atoms with Gasteiger partial charge in [0.15, 0.2) is 0 Å². The van der Waals surface area contributed by atoms with Gasteiger partial charge < -0.3 is 9.29 Å². The van der Waals surface area contributed by atoms with E-state index >= 15 is 0 Å². The van der Waals surface area contributed by atoms with Crippen molar-refractivity contribution in [3.63, 3.8) is 0 Å². The van der Waals surface area contributed by atoms with Crippen LogP contribution in [0.4, 0.5) is 14.5 Å². The molecule has 29 heavy (non-hydrogen) atoms. The number of hydrogen-bond donors (Lipinski definition) is 1. The van der Waals surface area contributed by atoms with Gasteiger partial charge in [0, 0.05) is 28.9 Å². The molecule has 0 spiro atoms. The van der Waals surface area contributed by atoms with Gasteiger partial charge in [-0.2, -0.15) is 14.0 Å². The first-order chi connectivity index (χ1) is 13.8. The van der Waals surface area contributed by atoms with Crippen molar-refractivity contribution in [1.29, 1.82) is 5.26 Å². The zero-order valence-corrected chi connectivity index (χ0v) is 18.2. The molecule has 1 aromatic heterocycles. The highest BCUT2D eigenvalue weighted by molar-refractivity contribution is 7.86. The molecule has 4 nitrogen and oxygen atoms in total. The number of nitrogens with one attached hydrogen (secondary N) is 1. The standard InChI is InChI=1S/C21H22F2N3OPS/c1-3-11-29(27)25-16-8-5-14(6-9-16)20-18(13-24)17-10-7-15(21(22,23)28)12-19(17)26(20)4-2/h5-10,12,25H,3-4,11,28H2,1-2H3. The second-order valence-corrected chi connectivity index (χ2v) is 8.69. The van der Waals surface area contributed by atoms with Crippen LogP contribution >= 0.6 is 9.24 Å². The molecule has 3 rings (SSSR count). The molecule has 0 amide bonds. The zero-order valence-electron chi connectivity index (χ0n) is 16.2. The van der Waals surface area contributed by atoms with Gasteiger partial charge in [-0.15, -0.1) is 0 Å². The van der Waals surface area contributed by atoms with Crippen molar-refractivity contribution in [2.45, 2.75) is 32.5 Å². The summed E-state index contributed by atoms with van der Waals surface area (Å²) in [6.07, 6.45) is 0.817. The van der Waals surface area contributed by atoms with Crippen LogP contribution in [0.2, 0.25) is 0 Å². The van der Waals surface area contributed by atoms with Crippen molar-refractivity contribution in [3.05, 3.63) is 53.6 Å². The molecule has 0 saturated carbocycles. The molecule has 0 bridgehead atoms. The fourth-order valence-corrected chi connectivity index (χ4v) is 4.41. The molecule has 1 heterocycles. The number of alkyl halides is 2. The summed E-state index contributed by atoms with van der Waals surface area (Å²) in [5, 5.41) is 10.4. The van der Waals surface area contributed by atoms with E-state index in [1.165, 1.54) is 12.1 Å². The van der Waals surface area contributed by atoms with Crippen LogP contribution in [0, 0.1) is 11.3 Å². The lowest BCUT2D eigenvalue weighted by atomic mass is 10.0. The molecule has 0 radical (unpaired) electrons. The smallest absolute Gasteiger partial charge is 0.283 e. The van der Waals surface area contributed by atoms with E-state index in [1.807, 2.05) is 42.7 Å². The Morgan fingerprint density at radius 2 is 1.90 bits per heavy atom. The largest absolute Gasteiger partial charge is 0.340 e. The molecule has 0 aliphatic carbocycles. The van der Waals surface area contributed by atoms with E-state index in [0.717, 1.165) is 17.7 Å². The number of anilines is 1. The molecule has 0 saturated heterocycles. The van der Waals surface area contributed by atoms with Crippen molar-refractivity contribution >= 4 is 36.8 Å². The van der Waals surface area contributed by atoms with E-state index in [0.29, 0.717) is 34.5 Å². The number of nitrogens with zero attached hydrogens (tertiary/aromatic N) is 2. The summed E-state index contributed by atoms with van der Waals surface area (Å²) in [5.74, 6) is 0.563. The summed E-state index contributed by atoms with van der Waals surface area (Å²) < 4.78 is 44.3. The van der Waals surface area contributed by atoms with Gasteiger partial charge in [0.25, 0.3) is 5.66 Å². The van der Waals surface area contributed by atoms with E-state index in [1.54, 1.807) is 15.3 Å². The SMILES string of the molecule is CCCS(=O)Nc1ccc(-c2c(C#N)c3ccc(C(F)(F)P)cc3n2CC)cc1. The highest BCUT2D eigenvalue weighted by atomic mass is 32.2. The van der Waals surface area contributed by atoms with Crippen molar-refractivity contribution in [2.24, 2.45) is 0 Å². The van der Waals surface area contributed by atoms with E-state index < -0.39 is 16.6 Å². The van der Waals surface area contributed by atoms with Crippen LogP contribution in [-0.2, 0) is 23.2 Å². The number of nitriles is 1. The van der Waals surface area contributed by atoms with E-state index in [-0.39, 0.29) is 5.56 Å². The number of benzene rings is 2. The Kier molecular flexibility index (Phi) is 6.36. The Labute approximate surface area is 173 Å². The summed E-state index contributed by atoms with van der Waals surface area (Å²) >= 11 is 0. The zero-order chi connectivity index (χ0) is 21.2. The number of aromatic nitrogens is 1. The van der Waals surface area contributed by atoms with Gasteiger partial charge in [-0.3, -0.25) is 0 Å². The summed E-state index contributed by atoms with van der Waals surface area (Å²) in [5.41, 5.74) is 0.118. The lowest BCUT2D eigenvalue weighted by molar-refractivity contribution is 0.104. The van der Waals surface area contributed by atoms with Gasteiger partial charge in [0.2, 0.25) is 0 Å². The van der Waals surface area contributed by atoms with Crippen molar-refractivity contribution < 1.29 is 13.0 Å². The van der Waals surface area contributed by atoms with Crippen LogP contribution in [0.3, 0.4) is 0 Å². The quantitative estimate of drug-likeness (QED) is 0.493. The van der Waals surface area contributed by atoms with Gasteiger partial charge in [-0.1, -0.05) is 40.4 Å². The van der Waals surface area contributed by atoms with Crippen molar-refractivity contribution in [3.8, 4) is 17.3 Å². The number of hydrogen-bond acceptors (Lipinski definition) is 2. The summed E-state index contributed by atoms with van der Waals surface area (Å²) in [7, 11) is 0.413. The molecule has 8 heteroatoms. The van der Waals surface area contributed by atoms with Gasteiger partial charge in [0.05, 0.1) is 16.8 Å². The molecule has 152 valence electrons. The summed E-state index contributed by atoms with van der Waals surface area (Å²) in [6.45, 7) is 4.41. The van der Waals surface area contributed by atoms with Crippen LogP contribution in [0.15, 0.2) is 42.5 Å². The predicted molar refractivity (Wildman–Crippen MR) is 118 cm³/mol. The topological polar surface area (TPSA) is 57.8 Å². The van der Waals surface area contributed by atoms with Crippen LogP contribution in [-0.4, -0.2) is 14.5 Å². The van der Waals surface area contributed by atoms with Crippen LogP contribution in [0.5, 0.6) is 0 Å². The second-order valence-electron chi connectivity index (χ2n) is 6.66. The molecule has 0 aliphatic heterocycles. The number of halogens is 2. The first-order valence-electron chi connectivity index (χ1n) is 9.29. The van der Waals surface area contributed by atoms with Gasteiger partial charge in [-0.25, -0.2) is 4.21 Å². The normalized spacial score (nSPS) is 12.7. The third kappa shape index (κ3) is 4.34. The number of aryl methyl sites for hydroxylation is 1. The van der Waals surface area contributed by atoms with Crippen LogP contribution in [0.1, 0.15) is 31.4 Å². The van der Waals surface area contributed by atoms with Crippen molar-refractivity contribution in [1.82, 2.24) is 4.57 Å². The second kappa shape index (κ2) is 8.61. The highest BCUT2D eigenvalue weighted by Crippen LogP contribution is 2.39. The summed E-state index contributed by atoms with van der Waals surface area (Å²) in [4.78, 5) is 0. The fraction of sp³-hybridized carbons (Fsp3) is 0.286. The third-order valence-electron chi connectivity index (χ3n) is 4.66. The predicted octanol–water partition coefficient (Wildman–Crippen LogP) is 5.61. The maximum atomic E-state index is 13.8. The fourth-order valence-electron chi connectivity index (χ4n) is 3.36. The first-order valence-corrected chi connectivity index (χ1v) is 11.2. The maximum absolute atomic E-state index is 13.8. The molecular weight excluding hydrogens is 411 g/mol. The van der Waals surface area contributed by atoms with Gasteiger partial charge in [-0.05, 0) is 37.1 Å². The molecule has 0 fully saturated rings. The minimum absolute atomic E-state index is 0.115. The van der Waals surface area contributed by atoms with E-state index in [4.69, 9.17) is 0 Å². The lowest BCUT2D eigenvalue weighted by Crippen LogP contribution is -2.07. The first kappa shape index (κ1) is 21.4. The molecule has 2 aromatic carbocycles. The Morgan fingerprint density at radius 3 is 2.45 bits per heavy atom. The lowest BCUT2D eigenvalue weighted by Gasteiger charge is -2.12. The van der Waals surface area contributed by atoms with E-state index in [2.05, 4.69) is 10.8 Å². The molecule has 2 atom stereocenters. The molecular formula is C21H22F2N3OPS. The number of fused-ring (bicyclic) bond motifs is 1. The molecule has 2 unspecified atom stereocenters. The van der Waals surface area contributed by atoms with Gasteiger partial charge >= 0.3 is 0 Å². The Morgan fingerprint density at radius 1 is 1.21 bits per heavy atom.